The van der Waals surface area contributed by atoms with Crippen molar-refractivity contribution in [2.75, 3.05) is 19.7 Å². The molecule has 4 heteroatoms. The minimum absolute atomic E-state index is 0.0704. The van der Waals surface area contributed by atoms with Gasteiger partial charge in [0.15, 0.2) is 0 Å². The van der Waals surface area contributed by atoms with Crippen LogP contribution in [0.15, 0.2) is 0 Å². The highest BCUT2D eigenvalue weighted by atomic mass is 16.2. The molecule has 0 saturated heterocycles. The van der Waals surface area contributed by atoms with Crippen molar-refractivity contribution in [2.45, 2.75) is 45.4 Å². The SMILES string of the molecule is CC(CCCN)C(=O)NCCCCCCO. The summed E-state index contributed by atoms with van der Waals surface area (Å²) in [5.41, 5.74) is 5.39. The molecule has 4 nitrogen and oxygen atoms in total. The van der Waals surface area contributed by atoms with E-state index in [4.69, 9.17) is 10.8 Å². The second-order valence-electron chi connectivity index (χ2n) is 4.26. The average Bonchev–Trinajstić information content (AvgIpc) is 2.30. The number of carbonyl (C=O) groups excluding carboxylic acids is 1. The third-order valence-electron chi connectivity index (χ3n) is 2.67. The fourth-order valence-corrected chi connectivity index (χ4v) is 1.53. The van der Waals surface area contributed by atoms with Gasteiger partial charge in [0.1, 0.15) is 0 Å². The zero-order chi connectivity index (χ0) is 12.2. The summed E-state index contributed by atoms with van der Waals surface area (Å²) in [5, 5.41) is 11.5. The van der Waals surface area contributed by atoms with E-state index in [0.717, 1.165) is 45.1 Å². The molecule has 0 saturated carbocycles. The standard InChI is InChI=1S/C12H26N2O2/c1-11(7-6-8-13)12(16)14-9-4-2-3-5-10-15/h11,15H,2-10,13H2,1H3,(H,14,16). The van der Waals surface area contributed by atoms with Crippen LogP contribution < -0.4 is 11.1 Å². The Labute approximate surface area is 98.6 Å². The summed E-state index contributed by atoms with van der Waals surface area (Å²) in [4.78, 5) is 11.5. The average molecular weight is 230 g/mol. The van der Waals surface area contributed by atoms with E-state index in [1.807, 2.05) is 6.92 Å². The second-order valence-corrected chi connectivity index (χ2v) is 4.26. The van der Waals surface area contributed by atoms with Gasteiger partial charge in [-0.05, 0) is 32.2 Å². The van der Waals surface area contributed by atoms with Crippen LogP contribution in [0.1, 0.15) is 45.4 Å². The Morgan fingerprint density at radius 2 is 1.94 bits per heavy atom. The Morgan fingerprint density at radius 3 is 2.56 bits per heavy atom. The van der Waals surface area contributed by atoms with Crippen LogP contribution in [0, 0.1) is 5.92 Å². The molecule has 1 amide bonds. The number of aliphatic hydroxyl groups excluding tert-OH is 1. The summed E-state index contributed by atoms with van der Waals surface area (Å²) in [6.07, 6.45) is 5.74. The maximum atomic E-state index is 11.5. The zero-order valence-corrected chi connectivity index (χ0v) is 10.4. The van der Waals surface area contributed by atoms with Crippen molar-refractivity contribution in [2.24, 2.45) is 11.7 Å². The van der Waals surface area contributed by atoms with Crippen molar-refractivity contribution in [1.82, 2.24) is 5.32 Å². The molecule has 0 aromatic heterocycles. The Kier molecular flexibility index (Phi) is 10.5. The number of hydrogen-bond acceptors (Lipinski definition) is 3. The van der Waals surface area contributed by atoms with E-state index in [0.29, 0.717) is 6.54 Å². The number of unbranched alkanes of at least 4 members (excludes halogenated alkanes) is 3. The van der Waals surface area contributed by atoms with Crippen LogP contribution in [0.3, 0.4) is 0 Å². The van der Waals surface area contributed by atoms with Gasteiger partial charge in [-0.15, -0.1) is 0 Å². The van der Waals surface area contributed by atoms with Crippen molar-refractivity contribution < 1.29 is 9.90 Å². The first-order valence-electron chi connectivity index (χ1n) is 6.31. The predicted molar refractivity (Wildman–Crippen MR) is 66.0 cm³/mol. The van der Waals surface area contributed by atoms with Gasteiger partial charge in [0, 0.05) is 19.1 Å². The van der Waals surface area contributed by atoms with Crippen LogP contribution in [0.2, 0.25) is 0 Å². The van der Waals surface area contributed by atoms with Crippen LogP contribution in [0.4, 0.5) is 0 Å². The molecule has 0 aromatic rings. The lowest BCUT2D eigenvalue weighted by Gasteiger charge is -2.11. The first-order valence-corrected chi connectivity index (χ1v) is 6.31. The highest BCUT2D eigenvalue weighted by Crippen LogP contribution is 2.04. The molecular weight excluding hydrogens is 204 g/mol. The van der Waals surface area contributed by atoms with Crippen LogP contribution in [-0.4, -0.2) is 30.7 Å². The molecule has 96 valence electrons. The quantitative estimate of drug-likeness (QED) is 0.491. The Bertz CT molecular complexity index is 174. The topological polar surface area (TPSA) is 75.4 Å². The first kappa shape index (κ1) is 15.4. The minimum Gasteiger partial charge on any atom is -0.396 e. The summed E-state index contributed by atoms with van der Waals surface area (Å²) in [5.74, 6) is 0.205. The molecule has 0 spiro atoms. The monoisotopic (exact) mass is 230 g/mol. The molecule has 0 aliphatic rings. The summed E-state index contributed by atoms with van der Waals surface area (Å²) in [6.45, 7) is 3.61. The molecule has 1 unspecified atom stereocenters. The minimum atomic E-state index is 0.0704. The number of hydrogen-bond donors (Lipinski definition) is 3. The van der Waals surface area contributed by atoms with Gasteiger partial charge in [-0.1, -0.05) is 19.8 Å². The fourth-order valence-electron chi connectivity index (χ4n) is 1.53. The Morgan fingerprint density at radius 1 is 1.25 bits per heavy atom. The number of carbonyl (C=O) groups is 1. The van der Waals surface area contributed by atoms with E-state index < -0.39 is 0 Å². The van der Waals surface area contributed by atoms with E-state index in [1.54, 1.807) is 0 Å². The number of nitrogens with two attached hydrogens (primary N) is 1. The Balaban J connectivity index is 3.35. The van der Waals surface area contributed by atoms with Gasteiger partial charge in [0.05, 0.1) is 0 Å². The molecule has 0 aromatic carbocycles. The van der Waals surface area contributed by atoms with Gasteiger partial charge in [-0.25, -0.2) is 0 Å². The highest BCUT2D eigenvalue weighted by Gasteiger charge is 2.10. The normalized spacial score (nSPS) is 12.4. The molecule has 0 rings (SSSR count). The number of nitrogens with one attached hydrogen (secondary N) is 1. The van der Waals surface area contributed by atoms with E-state index in [1.165, 1.54) is 0 Å². The van der Waals surface area contributed by atoms with Gasteiger partial charge >= 0.3 is 0 Å². The third kappa shape index (κ3) is 8.68. The smallest absolute Gasteiger partial charge is 0.222 e. The number of rotatable bonds is 10. The maximum Gasteiger partial charge on any atom is 0.222 e. The van der Waals surface area contributed by atoms with Crippen molar-refractivity contribution in [3.05, 3.63) is 0 Å². The summed E-state index contributed by atoms with van der Waals surface area (Å²) >= 11 is 0. The van der Waals surface area contributed by atoms with Crippen molar-refractivity contribution in [1.29, 1.82) is 0 Å². The zero-order valence-electron chi connectivity index (χ0n) is 10.4. The van der Waals surface area contributed by atoms with Crippen molar-refractivity contribution in [3.8, 4) is 0 Å². The summed E-state index contributed by atoms with van der Waals surface area (Å²) < 4.78 is 0. The van der Waals surface area contributed by atoms with Crippen LogP contribution >= 0.6 is 0 Å². The summed E-state index contributed by atoms with van der Waals surface area (Å²) in [6, 6.07) is 0. The fraction of sp³-hybridized carbons (Fsp3) is 0.917. The van der Waals surface area contributed by atoms with Gasteiger partial charge in [-0.3, -0.25) is 4.79 Å². The van der Waals surface area contributed by atoms with Crippen LogP contribution in [0.5, 0.6) is 0 Å². The molecule has 0 fully saturated rings. The van der Waals surface area contributed by atoms with Gasteiger partial charge in [-0.2, -0.15) is 0 Å². The molecule has 0 aliphatic carbocycles. The highest BCUT2D eigenvalue weighted by molar-refractivity contribution is 5.78. The van der Waals surface area contributed by atoms with Gasteiger partial charge < -0.3 is 16.2 Å². The van der Waals surface area contributed by atoms with E-state index >= 15 is 0 Å². The van der Waals surface area contributed by atoms with Crippen LogP contribution in [-0.2, 0) is 4.79 Å². The molecule has 16 heavy (non-hydrogen) atoms. The molecule has 0 aliphatic heterocycles. The molecule has 0 bridgehead atoms. The molecular formula is C12H26N2O2. The number of aliphatic hydroxyl groups is 1. The molecule has 4 N–H and O–H groups in total. The molecule has 0 heterocycles. The van der Waals surface area contributed by atoms with E-state index in [-0.39, 0.29) is 18.4 Å². The molecule has 1 atom stereocenters. The molecule has 0 radical (unpaired) electrons. The van der Waals surface area contributed by atoms with E-state index in [2.05, 4.69) is 5.32 Å². The van der Waals surface area contributed by atoms with Crippen molar-refractivity contribution >= 4 is 5.91 Å². The van der Waals surface area contributed by atoms with Crippen LogP contribution in [0.25, 0.3) is 0 Å². The largest absolute Gasteiger partial charge is 0.396 e. The lowest BCUT2D eigenvalue weighted by Crippen LogP contribution is -2.30. The van der Waals surface area contributed by atoms with Crippen molar-refractivity contribution in [3.63, 3.8) is 0 Å². The van der Waals surface area contributed by atoms with E-state index in [9.17, 15) is 4.79 Å². The summed E-state index contributed by atoms with van der Waals surface area (Å²) in [7, 11) is 0. The predicted octanol–water partition coefficient (Wildman–Crippen LogP) is 1.03. The lowest BCUT2D eigenvalue weighted by molar-refractivity contribution is -0.124. The Hall–Kier alpha value is -0.610. The first-order chi connectivity index (χ1) is 7.72. The third-order valence-corrected chi connectivity index (χ3v) is 2.67. The maximum absolute atomic E-state index is 11.5. The lowest BCUT2D eigenvalue weighted by atomic mass is 10.0. The second kappa shape index (κ2) is 10.9. The van der Waals surface area contributed by atoms with Gasteiger partial charge in [0.25, 0.3) is 0 Å². The number of amides is 1. The van der Waals surface area contributed by atoms with Gasteiger partial charge in [0.2, 0.25) is 5.91 Å².